The molecule has 10 heteroatoms. The number of amides is 1. The van der Waals surface area contributed by atoms with Crippen LogP contribution in [0.4, 0.5) is 5.69 Å². The van der Waals surface area contributed by atoms with Gasteiger partial charge in [0.15, 0.2) is 0 Å². The highest BCUT2D eigenvalue weighted by Crippen LogP contribution is 2.18. The van der Waals surface area contributed by atoms with Crippen molar-refractivity contribution in [3.63, 3.8) is 0 Å². The second-order valence-electron chi connectivity index (χ2n) is 5.58. The highest BCUT2D eigenvalue weighted by Gasteiger charge is 2.21. The van der Waals surface area contributed by atoms with Crippen molar-refractivity contribution < 1.29 is 13.2 Å². The maximum atomic E-state index is 12.5. The molecule has 2 rings (SSSR count). The Morgan fingerprint density at radius 3 is 2.41 bits per heavy atom. The smallest absolute Gasteiger partial charge is 0.274 e. The van der Waals surface area contributed by atoms with Crippen LogP contribution in [0.15, 0.2) is 40.0 Å². The molecular formula is C17H22N4O4S2. The minimum absolute atomic E-state index is 0.00244. The highest BCUT2D eigenvalue weighted by atomic mass is 32.2. The lowest BCUT2D eigenvalue weighted by atomic mass is 10.3. The van der Waals surface area contributed by atoms with Gasteiger partial charge in [-0.2, -0.15) is 16.1 Å². The van der Waals surface area contributed by atoms with E-state index in [-0.39, 0.29) is 10.6 Å². The van der Waals surface area contributed by atoms with Gasteiger partial charge in [-0.25, -0.2) is 13.4 Å². The number of H-pyrrole nitrogens is 1. The van der Waals surface area contributed by atoms with E-state index in [0.29, 0.717) is 30.4 Å². The quantitative estimate of drug-likeness (QED) is 0.688. The van der Waals surface area contributed by atoms with E-state index in [0.717, 1.165) is 6.07 Å². The summed E-state index contributed by atoms with van der Waals surface area (Å²) in [5, 5.41) is 2.62. The second kappa shape index (κ2) is 9.16. The second-order valence-corrected chi connectivity index (χ2v) is 8.38. The molecule has 0 aliphatic rings. The minimum Gasteiger partial charge on any atom is -0.321 e. The molecule has 0 aliphatic heterocycles. The van der Waals surface area contributed by atoms with Crippen LogP contribution in [0.25, 0.3) is 0 Å². The maximum Gasteiger partial charge on any atom is 0.274 e. The van der Waals surface area contributed by atoms with Crippen molar-refractivity contribution in [2.75, 3.05) is 24.7 Å². The number of carbonyl (C=O) groups is 1. The number of hydrogen-bond acceptors (Lipinski definition) is 6. The van der Waals surface area contributed by atoms with Gasteiger partial charge in [0.2, 0.25) is 10.0 Å². The Morgan fingerprint density at radius 1 is 1.22 bits per heavy atom. The lowest BCUT2D eigenvalue weighted by Gasteiger charge is -2.18. The molecule has 0 fully saturated rings. The van der Waals surface area contributed by atoms with Crippen molar-refractivity contribution >= 4 is 33.4 Å². The first-order valence-corrected chi connectivity index (χ1v) is 11.2. The molecule has 0 spiro atoms. The molecular weight excluding hydrogens is 388 g/mol. The van der Waals surface area contributed by atoms with Gasteiger partial charge in [-0.15, -0.1) is 0 Å². The number of anilines is 1. The zero-order valence-corrected chi connectivity index (χ0v) is 17.0. The van der Waals surface area contributed by atoms with Gasteiger partial charge < -0.3 is 10.3 Å². The van der Waals surface area contributed by atoms with Gasteiger partial charge in [-0.1, -0.05) is 13.8 Å². The number of nitrogens with one attached hydrogen (secondary N) is 2. The molecule has 2 N–H and O–H groups in total. The zero-order chi connectivity index (χ0) is 20.0. The van der Waals surface area contributed by atoms with E-state index in [9.17, 15) is 18.0 Å². The topological polar surface area (TPSA) is 112 Å². The van der Waals surface area contributed by atoms with Crippen molar-refractivity contribution in [3.8, 4) is 0 Å². The molecule has 0 aliphatic carbocycles. The SMILES string of the molecule is CCN(CC)S(=O)(=O)c1ccc(NC(=O)c2cc(=O)[nH]c(CSC)n2)cc1. The normalized spacial score (nSPS) is 11.6. The Morgan fingerprint density at radius 2 is 1.85 bits per heavy atom. The van der Waals surface area contributed by atoms with Gasteiger partial charge >= 0.3 is 0 Å². The van der Waals surface area contributed by atoms with E-state index in [2.05, 4.69) is 15.3 Å². The van der Waals surface area contributed by atoms with Gasteiger partial charge in [0.05, 0.1) is 10.6 Å². The standard InChI is InChI=1S/C17H22N4O4S2/c1-4-21(5-2)27(24,25)13-8-6-12(7-9-13)18-17(23)14-10-16(22)20-15(19-14)11-26-3/h6-10H,4-5,11H2,1-3H3,(H,18,23)(H,19,20,22). The van der Waals surface area contributed by atoms with E-state index in [1.807, 2.05) is 6.26 Å². The van der Waals surface area contributed by atoms with E-state index in [4.69, 9.17) is 0 Å². The first-order chi connectivity index (χ1) is 12.8. The third kappa shape index (κ3) is 5.18. The number of rotatable bonds is 8. The van der Waals surface area contributed by atoms with Gasteiger partial charge in [0.25, 0.3) is 11.5 Å². The van der Waals surface area contributed by atoms with Crippen molar-refractivity contribution in [3.05, 3.63) is 52.2 Å². The Balaban J connectivity index is 2.19. The summed E-state index contributed by atoms with van der Waals surface area (Å²) in [6, 6.07) is 7.01. The Kier molecular flexibility index (Phi) is 7.17. The molecule has 0 saturated carbocycles. The van der Waals surface area contributed by atoms with Crippen LogP contribution < -0.4 is 10.9 Å². The first kappa shape index (κ1) is 21.1. The number of aromatic amines is 1. The van der Waals surface area contributed by atoms with Crippen LogP contribution in [0.3, 0.4) is 0 Å². The van der Waals surface area contributed by atoms with E-state index in [1.54, 1.807) is 13.8 Å². The lowest BCUT2D eigenvalue weighted by Crippen LogP contribution is -2.30. The molecule has 1 aromatic heterocycles. The van der Waals surface area contributed by atoms with Crippen LogP contribution in [0.2, 0.25) is 0 Å². The monoisotopic (exact) mass is 410 g/mol. The molecule has 8 nitrogen and oxygen atoms in total. The van der Waals surface area contributed by atoms with Crippen LogP contribution >= 0.6 is 11.8 Å². The molecule has 0 bridgehead atoms. The number of aromatic nitrogens is 2. The summed E-state index contributed by atoms with van der Waals surface area (Å²) in [5.74, 6) is 0.359. The Hall–Kier alpha value is -2.17. The zero-order valence-electron chi connectivity index (χ0n) is 15.4. The summed E-state index contributed by atoms with van der Waals surface area (Å²) in [5.41, 5.74) is 0.00879. The fourth-order valence-electron chi connectivity index (χ4n) is 2.45. The number of thioether (sulfide) groups is 1. The highest BCUT2D eigenvalue weighted by molar-refractivity contribution is 7.97. The minimum atomic E-state index is -3.56. The average Bonchev–Trinajstić information content (AvgIpc) is 2.62. The number of hydrogen-bond donors (Lipinski definition) is 2. The molecule has 1 amide bonds. The maximum absolute atomic E-state index is 12.5. The van der Waals surface area contributed by atoms with Crippen LogP contribution in [-0.2, 0) is 15.8 Å². The molecule has 0 atom stereocenters. The largest absolute Gasteiger partial charge is 0.321 e. The molecule has 0 radical (unpaired) electrons. The summed E-state index contributed by atoms with van der Waals surface area (Å²) >= 11 is 1.47. The predicted molar refractivity (Wildman–Crippen MR) is 107 cm³/mol. The molecule has 0 saturated heterocycles. The summed E-state index contributed by atoms with van der Waals surface area (Å²) in [6.07, 6.45) is 1.86. The van der Waals surface area contributed by atoms with Crippen molar-refractivity contribution in [2.45, 2.75) is 24.5 Å². The average molecular weight is 411 g/mol. The van der Waals surface area contributed by atoms with E-state index in [1.165, 1.54) is 40.3 Å². The van der Waals surface area contributed by atoms with Gasteiger partial charge in [0, 0.05) is 24.8 Å². The summed E-state index contributed by atoms with van der Waals surface area (Å²) in [6.45, 7) is 4.30. The summed E-state index contributed by atoms with van der Waals surface area (Å²) in [4.78, 5) is 30.9. The first-order valence-electron chi connectivity index (χ1n) is 8.32. The van der Waals surface area contributed by atoms with Crippen LogP contribution in [0, 0.1) is 0 Å². The fraction of sp³-hybridized carbons (Fsp3) is 0.353. The van der Waals surface area contributed by atoms with Gasteiger partial charge in [-0.3, -0.25) is 9.59 Å². The fourth-order valence-corrected chi connectivity index (χ4v) is 4.32. The lowest BCUT2D eigenvalue weighted by molar-refractivity contribution is 0.102. The molecule has 0 unspecified atom stereocenters. The Bertz CT molecular complexity index is 952. The number of carbonyl (C=O) groups excluding carboxylic acids is 1. The third-order valence-corrected chi connectivity index (χ3v) is 6.39. The van der Waals surface area contributed by atoms with Crippen molar-refractivity contribution in [1.29, 1.82) is 0 Å². The number of nitrogens with zero attached hydrogens (tertiary/aromatic N) is 2. The van der Waals surface area contributed by atoms with Crippen molar-refractivity contribution in [1.82, 2.24) is 14.3 Å². The predicted octanol–water partition coefficient (Wildman–Crippen LogP) is 1.92. The number of benzene rings is 1. The van der Waals surface area contributed by atoms with Crippen LogP contribution in [0.1, 0.15) is 30.2 Å². The molecule has 146 valence electrons. The Labute approximate surface area is 162 Å². The van der Waals surface area contributed by atoms with Crippen LogP contribution in [-0.4, -0.2) is 47.9 Å². The molecule has 1 aromatic carbocycles. The molecule has 1 heterocycles. The van der Waals surface area contributed by atoms with E-state index < -0.39 is 21.5 Å². The third-order valence-electron chi connectivity index (χ3n) is 3.76. The summed E-state index contributed by atoms with van der Waals surface area (Å²) < 4.78 is 26.3. The van der Waals surface area contributed by atoms with Crippen LogP contribution in [0.5, 0.6) is 0 Å². The molecule has 2 aromatic rings. The number of sulfonamides is 1. The molecule has 27 heavy (non-hydrogen) atoms. The van der Waals surface area contributed by atoms with E-state index >= 15 is 0 Å². The van der Waals surface area contributed by atoms with Crippen molar-refractivity contribution in [2.24, 2.45) is 0 Å². The van der Waals surface area contributed by atoms with Gasteiger partial charge in [0.1, 0.15) is 11.5 Å². The van der Waals surface area contributed by atoms with Gasteiger partial charge in [-0.05, 0) is 30.5 Å². The summed E-state index contributed by atoms with van der Waals surface area (Å²) in [7, 11) is -3.56.